The van der Waals surface area contributed by atoms with Gasteiger partial charge in [-0.25, -0.2) is 0 Å². The Labute approximate surface area is 149 Å². The molecular weight excluding hydrogens is 335 g/mol. The molecule has 0 fully saturated rings. The van der Waals surface area contributed by atoms with E-state index >= 15 is 0 Å². The second-order valence-corrected chi connectivity index (χ2v) is 6.34. The van der Waals surface area contributed by atoms with E-state index in [0.717, 1.165) is 64.2 Å². The van der Waals surface area contributed by atoms with Crippen LogP contribution in [0.1, 0.15) is 77.0 Å². The summed E-state index contributed by atoms with van der Waals surface area (Å²) < 4.78 is 40.6. The molecule has 0 bridgehead atoms. The van der Waals surface area contributed by atoms with Crippen LogP contribution in [0.3, 0.4) is 0 Å². The van der Waals surface area contributed by atoms with Gasteiger partial charge in [0.15, 0.2) is 0 Å². The van der Waals surface area contributed by atoms with E-state index in [9.17, 15) is 18.0 Å². The Morgan fingerprint density at radius 2 is 1.44 bits per heavy atom. The number of unbranched alkanes of at least 4 members (excludes halogenated alkanes) is 8. The van der Waals surface area contributed by atoms with Crippen molar-refractivity contribution >= 4 is 5.91 Å². The van der Waals surface area contributed by atoms with Gasteiger partial charge in [-0.2, -0.15) is 13.2 Å². The first-order valence-corrected chi connectivity index (χ1v) is 9.48. The number of alkyl halides is 3. The number of aliphatic hydroxyl groups excluding tert-OH is 1. The topological polar surface area (TPSA) is 58.6 Å². The minimum atomic E-state index is -4.15. The lowest BCUT2D eigenvalue weighted by Gasteiger charge is -2.07. The van der Waals surface area contributed by atoms with Crippen LogP contribution in [0.4, 0.5) is 13.2 Å². The largest absolute Gasteiger partial charge is 0.396 e. The van der Waals surface area contributed by atoms with E-state index in [-0.39, 0.29) is 19.1 Å². The van der Waals surface area contributed by atoms with E-state index in [1.54, 1.807) is 0 Å². The molecule has 0 aliphatic heterocycles. The Kier molecular flexibility index (Phi) is 16.1. The third-order valence-corrected chi connectivity index (χ3v) is 3.88. The summed E-state index contributed by atoms with van der Waals surface area (Å²) in [6.45, 7) is 1.06. The van der Waals surface area contributed by atoms with Crippen LogP contribution in [0, 0.1) is 0 Å². The Balaban J connectivity index is 3.20. The van der Waals surface area contributed by atoms with Crippen LogP contribution >= 0.6 is 0 Å². The van der Waals surface area contributed by atoms with E-state index < -0.39 is 12.6 Å². The van der Waals surface area contributed by atoms with Crippen molar-refractivity contribution in [1.82, 2.24) is 5.32 Å². The summed E-state index contributed by atoms with van der Waals surface area (Å²) in [7, 11) is 0. The van der Waals surface area contributed by atoms with E-state index in [0.29, 0.717) is 19.6 Å². The van der Waals surface area contributed by atoms with Gasteiger partial charge in [0.1, 0.15) is 0 Å². The summed E-state index contributed by atoms with van der Waals surface area (Å²) in [4.78, 5) is 11.6. The van der Waals surface area contributed by atoms with E-state index in [1.165, 1.54) is 0 Å². The number of carbonyl (C=O) groups excluding carboxylic acids is 1. The van der Waals surface area contributed by atoms with Gasteiger partial charge in [-0.1, -0.05) is 38.5 Å². The SMILES string of the molecule is O=C(CCCCCCOCCC(F)(F)F)NCCCCCCCCO. The number of halogens is 3. The van der Waals surface area contributed by atoms with Crippen LogP contribution in [0.25, 0.3) is 0 Å². The van der Waals surface area contributed by atoms with Crippen LogP contribution in [0.15, 0.2) is 0 Å². The van der Waals surface area contributed by atoms with Crippen LogP contribution < -0.4 is 5.32 Å². The maximum absolute atomic E-state index is 11.9. The molecule has 0 aromatic carbocycles. The molecule has 0 spiro atoms. The zero-order valence-electron chi connectivity index (χ0n) is 15.2. The molecule has 0 saturated heterocycles. The lowest BCUT2D eigenvalue weighted by atomic mass is 10.1. The lowest BCUT2D eigenvalue weighted by Crippen LogP contribution is -2.23. The summed E-state index contributed by atoms with van der Waals surface area (Å²) in [5, 5.41) is 11.6. The zero-order valence-corrected chi connectivity index (χ0v) is 15.2. The number of carbonyl (C=O) groups is 1. The first-order chi connectivity index (χ1) is 12.0. The van der Waals surface area contributed by atoms with Gasteiger partial charge in [0.2, 0.25) is 5.91 Å². The van der Waals surface area contributed by atoms with Gasteiger partial charge >= 0.3 is 6.18 Å². The smallest absolute Gasteiger partial charge is 0.391 e. The molecule has 0 aromatic rings. The Bertz CT molecular complexity index is 312. The Morgan fingerprint density at radius 3 is 2.12 bits per heavy atom. The van der Waals surface area contributed by atoms with Gasteiger partial charge in [-0.3, -0.25) is 4.79 Å². The molecule has 0 aliphatic rings. The number of nitrogens with one attached hydrogen (secondary N) is 1. The molecule has 25 heavy (non-hydrogen) atoms. The molecule has 0 rings (SSSR count). The average molecular weight is 369 g/mol. The molecule has 1 amide bonds. The number of hydrogen-bond donors (Lipinski definition) is 2. The summed E-state index contributed by atoms with van der Waals surface area (Å²) in [6, 6.07) is 0. The third-order valence-electron chi connectivity index (χ3n) is 3.88. The fourth-order valence-electron chi connectivity index (χ4n) is 2.39. The minimum Gasteiger partial charge on any atom is -0.396 e. The standard InChI is InChI=1S/C18H34F3NO3/c19-18(20,21)12-16-25-15-10-6-3-7-11-17(24)22-13-8-4-1-2-5-9-14-23/h23H,1-16H2,(H,22,24). The van der Waals surface area contributed by atoms with E-state index in [4.69, 9.17) is 9.84 Å². The highest BCUT2D eigenvalue weighted by molar-refractivity contribution is 5.75. The number of ether oxygens (including phenoxy) is 1. The van der Waals surface area contributed by atoms with Crippen LogP contribution in [-0.2, 0) is 9.53 Å². The van der Waals surface area contributed by atoms with Gasteiger partial charge in [-0.05, 0) is 25.7 Å². The van der Waals surface area contributed by atoms with Crippen molar-refractivity contribution in [2.45, 2.75) is 83.2 Å². The van der Waals surface area contributed by atoms with Crippen LogP contribution in [-0.4, -0.2) is 43.6 Å². The van der Waals surface area contributed by atoms with Crippen molar-refractivity contribution in [3.8, 4) is 0 Å². The quantitative estimate of drug-likeness (QED) is 0.375. The molecule has 4 nitrogen and oxygen atoms in total. The lowest BCUT2D eigenvalue weighted by molar-refractivity contribution is -0.145. The summed E-state index contributed by atoms with van der Waals surface area (Å²) in [5.41, 5.74) is 0. The molecule has 150 valence electrons. The normalized spacial score (nSPS) is 11.7. The first kappa shape index (κ1) is 24.2. The van der Waals surface area contributed by atoms with Gasteiger partial charge in [0, 0.05) is 26.2 Å². The molecular formula is C18H34F3NO3. The average Bonchev–Trinajstić information content (AvgIpc) is 2.54. The Morgan fingerprint density at radius 1 is 0.840 bits per heavy atom. The molecule has 2 N–H and O–H groups in total. The van der Waals surface area contributed by atoms with Crippen molar-refractivity contribution < 1.29 is 27.8 Å². The predicted molar refractivity (Wildman–Crippen MR) is 92.4 cm³/mol. The monoisotopic (exact) mass is 369 g/mol. The highest BCUT2D eigenvalue weighted by atomic mass is 19.4. The minimum absolute atomic E-state index is 0.0710. The molecule has 0 radical (unpaired) electrons. The maximum Gasteiger partial charge on any atom is 0.391 e. The molecule has 0 unspecified atom stereocenters. The molecule has 0 heterocycles. The highest BCUT2D eigenvalue weighted by Crippen LogP contribution is 2.19. The van der Waals surface area contributed by atoms with E-state index in [2.05, 4.69) is 5.32 Å². The maximum atomic E-state index is 11.9. The number of aliphatic hydroxyl groups is 1. The van der Waals surface area contributed by atoms with Gasteiger partial charge < -0.3 is 15.2 Å². The fraction of sp³-hybridized carbons (Fsp3) is 0.944. The van der Waals surface area contributed by atoms with Crippen molar-refractivity contribution in [3.05, 3.63) is 0 Å². The molecule has 7 heteroatoms. The zero-order chi connectivity index (χ0) is 18.8. The second-order valence-electron chi connectivity index (χ2n) is 6.34. The Hall–Kier alpha value is -0.820. The molecule has 0 atom stereocenters. The van der Waals surface area contributed by atoms with Gasteiger partial charge in [-0.15, -0.1) is 0 Å². The van der Waals surface area contributed by atoms with Crippen molar-refractivity contribution in [1.29, 1.82) is 0 Å². The van der Waals surface area contributed by atoms with Crippen LogP contribution in [0.2, 0.25) is 0 Å². The van der Waals surface area contributed by atoms with Gasteiger partial charge in [0.05, 0.1) is 13.0 Å². The summed E-state index contributed by atoms with van der Waals surface area (Å²) in [6.07, 6.45) is 5.05. The summed E-state index contributed by atoms with van der Waals surface area (Å²) >= 11 is 0. The van der Waals surface area contributed by atoms with Gasteiger partial charge in [0.25, 0.3) is 0 Å². The van der Waals surface area contributed by atoms with Crippen molar-refractivity contribution in [2.75, 3.05) is 26.4 Å². The fourth-order valence-corrected chi connectivity index (χ4v) is 2.39. The van der Waals surface area contributed by atoms with E-state index in [1.807, 2.05) is 0 Å². The number of rotatable bonds is 17. The van der Waals surface area contributed by atoms with Crippen molar-refractivity contribution in [2.24, 2.45) is 0 Å². The predicted octanol–water partition coefficient (Wildman–Crippen LogP) is 4.36. The first-order valence-electron chi connectivity index (χ1n) is 9.48. The number of hydrogen-bond acceptors (Lipinski definition) is 3. The highest BCUT2D eigenvalue weighted by Gasteiger charge is 2.26. The summed E-state index contributed by atoms with van der Waals surface area (Å²) in [5.74, 6) is 0.0710. The number of amides is 1. The molecule has 0 aliphatic carbocycles. The van der Waals surface area contributed by atoms with Crippen molar-refractivity contribution in [3.63, 3.8) is 0 Å². The third kappa shape index (κ3) is 21.1. The molecule has 0 saturated carbocycles. The van der Waals surface area contributed by atoms with Crippen LogP contribution in [0.5, 0.6) is 0 Å². The molecule has 0 aromatic heterocycles. The second kappa shape index (κ2) is 16.6.